The van der Waals surface area contributed by atoms with Crippen molar-refractivity contribution in [2.24, 2.45) is 0 Å². The summed E-state index contributed by atoms with van der Waals surface area (Å²) >= 11 is 17.7. The lowest BCUT2D eigenvalue weighted by Crippen LogP contribution is -2.09. The molecule has 2 rings (SSSR count). The molecule has 138 valence electrons. The van der Waals surface area contributed by atoms with Crippen molar-refractivity contribution in [3.63, 3.8) is 0 Å². The first-order valence-corrected chi connectivity index (χ1v) is 8.30. The van der Waals surface area contributed by atoms with E-state index < -0.39 is 12.8 Å². The van der Waals surface area contributed by atoms with Gasteiger partial charge in [0, 0.05) is 0 Å². The number of ether oxygens (including phenoxy) is 3. The minimum Gasteiger partial charge on any atom is -0.472 e. The van der Waals surface area contributed by atoms with Gasteiger partial charge in [-0.05, 0) is 17.2 Å². The molecule has 0 bridgehead atoms. The molecule has 1 heterocycles. The van der Waals surface area contributed by atoms with Crippen LogP contribution in [0.1, 0.15) is 11.1 Å². The topological polar surface area (TPSA) is 57.7 Å². The Kier molecular flexibility index (Phi) is 7.50. The first-order valence-electron chi connectivity index (χ1n) is 7.16. The Morgan fingerprint density at radius 2 is 1.96 bits per heavy atom. The van der Waals surface area contributed by atoms with E-state index in [0.29, 0.717) is 11.1 Å². The van der Waals surface area contributed by atoms with Gasteiger partial charge in [-0.3, -0.25) is 0 Å². The molecule has 0 atom stereocenters. The summed E-state index contributed by atoms with van der Waals surface area (Å²) in [6.45, 7) is -1.08. The molecule has 26 heavy (non-hydrogen) atoms. The number of benzene rings is 1. The van der Waals surface area contributed by atoms with Gasteiger partial charge in [0.05, 0.1) is 12.1 Å². The molecule has 0 fully saturated rings. The molecule has 1 aromatic heterocycles. The first kappa shape index (κ1) is 20.3. The van der Waals surface area contributed by atoms with Gasteiger partial charge in [0.1, 0.15) is 23.5 Å². The van der Waals surface area contributed by atoms with Crippen LogP contribution in [0.25, 0.3) is 5.57 Å². The highest BCUT2D eigenvalue weighted by atomic mass is 35.5. The molecule has 0 saturated heterocycles. The fraction of sp³-hybridized carbons (Fsp3) is 0.176. The number of carbonyl (C=O) groups is 1. The van der Waals surface area contributed by atoms with Crippen molar-refractivity contribution in [1.82, 2.24) is 4.98 Å². The summed E-state index contributed by atoms with van der Waals surface area (Å²) in [7, 11) is 1.21. The van der Waals surface area contributed by atoms with Crippen molar-refractivity contribution < 1.29 is 23.4 Å². The van der Waals surface area contributed by atoms with Gasteiger partial charge in [-0.2, -0.15) is 4.98 Å². The summed E-state index contributed by atoms with van der Waals surface area (Å²) in [5, 5.41) is 0.427. The lowest BCUT2D eigenvalue weighted by Gasteiger charge is -2.13. The third-order valence-electron chi connectivity index (χ3n) is 3.20. The van der Waals surface area contributed by atoms with Crippen LogP contribution < -0.4 is 4.74 Å². The number of rotatable bonds is 7. The van der Waals surface area contributed by atoms with Crippen LogP contribution in [0.5, 0.6) is 5.88 Å². The monoisotopic (exact) mass is 419 g/mol. The SMILES string of the molecule is COC(=O)/C(=C/OCF)c1ccccc1COc1nc(Cl)c(Cl)cc1Cl. The van der Waals surface area contributed by atoms with E-state index in [1.54, 1.807) is 24.3 Å². The van der Waals surface area contributed by atoms with E-state index in [-0.39, 0.29) is 33.3 Å². The zero-order chi connectivity index (χ0) is 19.1. The fourth-order valence-electron chi connectivity index (χ4n) is 2.03. The van der Waals surface area contributed by atoms with Gasteiger partial charge in [0.25, 0.3) is 0 Å². The molecular weight excluding hydrogens is 408 g/mol. The second-order valence-corrected chi connectivity index (χ2v) is 5.97. The molecule has 0 amide bonds. The number of carbonyl (C=O) groups excluding carboxylic acids is 1. The highest BCUT2D eigenvalue weighted by molar-refractivity contribution is 6.42. The van der Waals surface area contributed by atoms with E-state index >= 15 is 0 Å². The number of halogens is 4. The molecule has 0 aliphatic carbocycles. The van der Waals surface area contributed by atoms with Crippen LogP contribution >= 0.6 is 34.8 Å². The fourth-order valence-corrected chi connectivity index (χ4v) is 2.58. The second-order valence-electron chi connectivity index (χ2n) is 4.79. The van der Waals surface area contributed by atoms with Crippen LogP contribution in [-0.4, -0.2) is 24.9 Å². The van der Waals surface area contributed by atoms with Gasteiger partial charge in [-0.15, -0.1) is 0 Å². The lowest BCUT2D eigenvalue weighted by molar-refractivity contribution is -0.133. The van der Waals surface area contributed by atoms with Crippen LogP contribution in [-0.2, 0) is 20.9 Å². The first-order chi connectivity index (χ1) is 12.5. The van der Waals surface area contributed by atoms with Crippen molar-refractivity contribution in [3.05, 3.63) is 62.9 Å². The Hall–Kier alpha value is -2.02. The number of alkyl halides is 1. The van der Waals surface area contributed by atoms with Gasteiger partial charge in [-0.25, -0.2) is 9.18 Å². The van der Waals surface area contributed by atoms with E-state index in [9.17, 15) is 9.18 Å². The van der Waals surface area contributed by atoms with Crippen molar-refractivity contribution >= 4 is 46.3 Å². The van der Waals surface area contributed by atoms with Gasteiger partial charge in [-0.1, -0.05) is 59.1 Å². The molecule has 5 nitrogen and oxygen atoms in total. The van der Waals surface area contributed by atoms with E-state index in [0.717, 1.165) is 6.26 Å². The zero-order valence-corrected chi connectivity index (χ0v) is 15.7. The van der Waals surface area contributed by atoms with Crippen LogP contribution in [0.3, 0.4) is 0 Å². The molecule has 0 N–H and O–H groups in total. The predicted octanol–water partition coefficient (Wildman–Crippen LogP) is 5.08. The van der Waals surface area contributed by atoms with E-state index in [1.165, 1.54) is 13.2 Å². The van der Waals surface area contributed by atoms with Gasteiger partial charge >= 0.3 is 5.97 Å². The van der Waals surface area contributed by atoms with E-state index in [2.05, 4.69) is 9.72 Å². The van der Waals surface area contributed by atoms with Crippen molar-refractivity contribution in [1.29, 1.82) is 0 Å². The summed E-state index contributed by atoms with van der Waals surface area (Å²) in [5.74, 6) is -0.601. The maximum absolute atomic E-state index is 12.3. The molecule has 0 spiro atoms. The lowest BCUT2D eigenvalue weighted by atomic mass is 10.0. The van der Waals surface area contributed by atoms with Gasteiger partial charge in [0.15, 0.2) is 5.15 Å². The third-order valence-corrected chi connectivity index (χ3v) is 4.14. The molecule has 0 unspecified atom stereocenters. The summed E-state index contributed by atoms with van der Waals surface area (Å²) in [6, 6.07) is 8.22. The highest BCUT2D eigenvalue weighted by Crippen LogP contribution is 2.31. The number of esters is 1. The second kappa shape index (κ2) is 9.62. The Balaban J connectivity index is 2.31. The number of hydrogen-bond acceptors (Lipinski definition) is 5. The van der Waals surface area contributed by atoms with Crippen LogP contribution in [0, 0.1) is 0 Å². The van der Waals surface area contributed by atoms with E-state index in [1.807, 2.05) is 0 Å². The van der Waals surface area contributed by atoms with Crippen LogP contribution in [0.2, 0.25) is 15.2 Å². The molecule has 0 aliphatic rings. The quantitative estimate of drug-likeness (QED) is 0.271. The van der Waals surface area contributed by atoms with Crippen molar-refractivity contribution in [3.8, 4) is 5.88 Å². The Morgan fingerprint density at radius 1 is 1.23 bits per heavy atom. The number of methoxy groups -OCH3 is 1. The van der Waals surface area contributed by atoms with Crippen LogP contribution in [0.15, 0.2) is 36.6 Å². The van der Waals surface area contributed by atoms with Crippen molar-refractivity contribution in [2.75, 3.05) is 14.0 Å². The highest BCUT2D eigenvalue weighted by Gasteiger charge is 2.18. The molecular formula is C17H13Cl3FNO4. The molecule has 0 saturated carbocycles. The summed E-state index contributed by atoms with van der Waals surface area (Å²) < 4.78 is 27.2. The average molecular weight is 421 g/mol. The van der Waals surface area contributed by atoms with Crippen molar-refractivity contribution in [2.45, 2.75) is 6.61 Å². The molecule has 1 aromatic carbocycles. The summed E-state index contributed by atoms with van der Waals surface area (Å²) in [5.41, 5.74) is 1.08. The standard InChI is InChI=1S/C17H13Cl3FNO4/c1-24-17(23)12(8-25-9-21)11-5-3-2-4-10(11)7-26-16-14(19)6-13(18)15(20)22-16/h2-6,8H,7,9H2,1H3/b12-8+. The average Bonchev–Trinajstić information content (AvgIpc) is 2.64. The van der Waals surface area contributed by atoms with Gasteiger partial charge in [0.2, 0.25) is 12.7 Å². The number of nitrogens with zero attached hydrogens (tertiary/aromatic N) is 1. The molecule has 2 aromatic rings. The Bertz CT molecular complexity index is 830. The predicted molar refractivity (Wildman–Crippen MR) is 97.1 cm³/mol. The minimum atomic E-state index is -1.08. The molecule has 0 radical (unpaired) electrons. The largest absolute Gasteiger partial charge is 0.472 e. The van der Waals surface area contributed by atoms with Gasteiger partial charge < -0.3 is 14.2 Å². The summed E-state index contributed by atoms with van der Waals surface area (Å²) in [6.07, 6.45) is 0.995. The maximum Gasteiger partial charge on any atom is 0.341 e. The number of aromatic nitrogens is 1. The molecule has 9 heteroatoms. The third kappa shape index (κ3) is 5.00. The van der Waals surface area contributed by atoms with E-state index in [4.69, 9.17) is 44.3 Å². The number of pyridine rings is 1. The Labute approximate surface area is 164 Å². The zero-order valence-electron chi connectivity index (χ0n) is 13.5. The normalized spacial score (nSPS) is 11.2. The summed E-state index contributed by atoms with van der Waals surface area (Å²) in [4.78, 5) is 15.9. The van der Waals surface area contributed by atoms with Crippen LogP contribution in [0.4, 0.5) is 4.39 Å². The minimum absolute atomic E-state index is 0.00478. The number of hydrogen-bond donors (Lipinski definition) is 0. The molecule has 0 aliphatic heterocycles. The smallest absolute Gasteiger partial charge is 0.341 e. The maximum atomic E-state index is 12.3. The Morgan fingerprint density at radius 3 is 2.65 bits per heavy atom.